The van der Waals surface area contributed by atoms with Crippen LogP contribution in [0.4, 0.5) is 0 Å². The van der Waals surface area contributed by atoms with Crippen LogP contribution < -0.4 is 5.32 Å². The number of hydrogen-bond acceptors (Lipinski definition) is 3. The molecular weight excluding hydrogens is 194 g/mol. The van der Waals surface area contributed by atoms with Crippen LogP contribution in [-0.2, 0) is 14.3 Å². The van der Waals surface area contributed by atoms with Crippen molar-refractivity contribution in [3.63, 3.8) is 0 Å². The summed E-state index contributed by atoms with van der Waals surface area (Å²) < 4.78 is 4.85. The molecule has 4 heteroatoms. The molecule has 0 saturated carbocycles. The predicted octanol–water partition coefficient (Wildman–Crippen LogP) is 1.18. The van der Waals surface area contributed by atoms with Gasteiger partial charge in [-0.15, -0.1) is 0 Å². The van der Waals surface area contributed by atoms with E-state index in [2.05, 4.69) is 18.5 Å². The highest BCUT2D eigenvalue weighted by Crippen LogP contribution is 2.05. The number of esters is 1. The lowest BCUT2D eigenvalue weighted by atomic mass is 10.1. The van der Waals surface area contributed by atoms with Crippen LogP contribution >= 0.6 is 0 Å². The first-order valence-corrected chi connectivity index (χ1v) is 4.71. The second-order valence-corrected chi connectivity index (χ2v) is 3.44. The Balaban J connectivity index is 4.25. The van der Waals surface area contributed by atoms with Crippen molar-refractivity contribution >= 4 is 11.9 Å². The third kappa shape index (κ3) is 5.00. The van der Waals surface area contributed by atoms with Crippen LogP contribution in [0.1, 0.15) is 20.8 Å². The van der Waals surface area contributed by atoms with E-state index in [-0.39, 0.29) is 17.5 Å². The van der Waals surface area contributed by atoms with Gasteiger partial charge in [-0.3, -0.25) is 4.79 Å². The van der Waals surface area contributed by atoms with Crippen LogP contribution in [0, 0.1) is 0 Å². The molecule has 0 aromatic heterocycles. The summed E-state index contributed by atoms with van der Waals surface area (Å²) in [5.74, 6) is -0.879. The molecule has 0 rings (SSSR count). The van der Waals surface area contributed by atoms with Crippen LogP contribution in [0.15, 0.2) is 24.8 Å². The zero-order chi connectivity index (χ0) is 12.0. The summed E-state index contributed by atoms with van der Waals surface area (Å²) in [5, 5.41) is 2.66. The molecule has 0 aliphatic rings. The maximum absolute atomic E-state index is 11.4. The van der Waals surface area contributed by atoms with Crippen LogP contribution in [0.2, 0.25) is 0 Å². The zero-order valence-corrected chi connectivity index (χ0v) is 9.37. The summed E-state index contributed by atoms with van der Waals surface area (Å²) in [6.45, 7) is 12.1. The summed E-state index contributed by atoms with van der Waals surface area (Å²) >= 11 is 0. The van der Waals surface area contributed by atoms with E-state index >= 15 is 0 Å². The van der Waals surface area contributed by atoms with Crippen LogP contribution in [0.3, 0.4) is 0 Å². The fourth-order valence-electron chi connectivity index (χ4n) is 0.833. The lowest BCUT2D eigenvalue weighted by Crippen LogP contribution is -2.35. The Labute approximate surface area is 90.0 Å². The van der Waals surface area contributed by atoms with E-state index in [0.29, 0.717) is 0 Å². The Hall–Kier alpha value is -1.58. The molecule has 0 spiro atoms. The summed E-state index contributed by atoms with van der Waals surface area (Å²) in [6, 6.07) is 0.0246. The molecule has 0 aliphatic heterocycles. The van der Waals surface area contributed by atoms with Gasteiger partial charge in [-0.05, 0) is 20.8 Å². The number of carbonyl (C=O) groups is 2. The molecule has 1 atom stereocenters. The molecule has 0 aliphatic carbocycles. The van der Waals surface area contributed by atoms with Gasteiger partial charge in [0.1, 0.15) is 6.10 Å². The van der Waals surface area contributed by atoms with E-state index in [0.717, 1.165) is 6.08 Å². The number of carbonyl (C=O) groups excluding carboxylic acids is 2. The molecule has 0 radical (unpaired) electrons. The van der Waals surface area contributed by atoms with Crippen molar-refractivity contribution in [1.29, 1.82) is 0 Å². The lowest BCUT2D eigenvalue weighted by Gasteiger charge is -2.16. The molecular formula is C11H17NO3. The molecule has 1 unspecified atom stereocenters. The van der Waals surface area contributed by atoms with Gasteiger partial charge in [0, 0.05) is 17.7 Å². The monoisotopic (exact) mass is 211 g/mol. The van der Waals surface area contributed by atoms with Gasteiger partial charge < -0.3 is 10.1 Å². The smallest absolute Gasteiger partial charge is 0.330 e. The molecule has 0 heterocycles. The summed E-state index contributed by atoms with van der Waals surface area (Å²) in [6.07, 6.45) is 0.402. The molecule has 15 heavy (non-hydrogen) atoms. The van der Waals surface area contributed by atoms with Gasteiger partial charge in [-0.2, -0.15) is 0 Å². The van der Waals surface area contributed by atoms with Gasteiger partial charge >= 0.3 is 5.97 Å². The molecule has 0 saturated heterocycles. The topological polar surface area (TPSA) is 55.4 Å². The highest BCUT2D eigenvalue weighted by molar-refractivity contribution is 5.94. The van der Waals surface area contributed by atoms with Gasteiger partial charge in [0.25, 0.3) is 5.91 Å². The Morgan fingerprint density at radius 2 is 1.87 bits per heavy atom. The highest BCUT2D eigenvalue weighted by atomic mass is 16.5. The second-order valence-electron chi connectivity index (χ2n) is 3.44. The lowest BCUT2D eigenvalue weighted by molar-refractivity contribution is -0.141. The minimum atomic E-state index is -0.644. The number of ether oxygens (including phenoxy) is 1. The first-order chi connectivity index (χ1) is 6.88. The maximum atomic E-state index is 11.4. The molecule has 0 aromatic carbocycles. The van der Waals surface area contributed by atoms with Gasteiger partial charge in [-0.1, -0.05) is 13.2 Å². The van der Waals surface area contributed by atoms with Crippen LogP contribution in [-0.4, -0.2) is 24.0 Å². The first kappa shape index (κ1) is 13.4. The second kappa shape index (κ2) is 6.01. The highest BCUT2D eigenvalue weighted by Gasteiger charge is 2.17. The fraction of sp³-hybridized carbons (Fsp3) is 0.455. The summed E-state index contributed by atoms with van der Waals surface area (Å²) in [5.41, 5.74) is 0.221. The minimum Gasteiger partial charge on any atom is -0.454 e. The molecule has 4 nitrogen and oxygen atoms in total. The SMILES string of the molecule is C=CC(=O)OC(C)C(=C)C(=O)NC(C)C. The first-order valence-electron chi connectivity index (χ1n) is 4.71. The van der Waals surface area contributed by atoms with Gasteiger partial charge in [0.2, 0.25) is 0 Å². The van der Waals surface area contributed by atoms with Crippen LogP contribution in [0.25, 0.3) is 0 Å². The average molecular weight is 211 g/mol. The van der Waals surface area contributed by atoms with Crippen molar-refractivity contribution in [2.75, 3.05) is 0 Å². The number of nitrogens with one attached hydrogen (secondary N) is 1. The van der Waals surface area contributed by atoms with Gasteiger partial charge in [0.15, 0.2) is 0 Å². The average Bonchev–Trinajstić information content (AvgIpc) is 2.15. The predicted molar refractivity (Wildman–Crippen MR) is 58.2 cm³/mol. The van der Waals surface area contributed by atoms with Crippen molar-refractivity contribution in [2.45, 2.75) is 32.9 Å². The molecule has 0 aromatic rings. The fourth-order valence-corrected chi connectivity index (χ4v) is 0.833. The molecule has 84 valence electrons. The van der Waals surface area contributed by atoms with E-state index in [9.17, 15) is 9.59 Å². The van der Waals surface area contributed by atoms with Crippen molar-refractivity contribution in [3.05, 3.63) is 24.8 Å². The van der Waals surface area contributed by atoms with E-state index in [1.807, 2.05) is 13.8 Å². The quantitative estimate of drug-likeness (QED) is 0.549. The Kier molecular flexibility index (Phi) is 5.37. The molecule has 0 bridgehead atoms. The van der Waals surface area contributed by atoms with E-state index in [1.165, 1.54) is 0 Å². The van der Waals surface area contributed by atoms with Crippen molar-refractivity contribution < 1.29 is 14.3 Å². The van der Waals surface area contributed by atoms with E-state index in [1.54, 1.807) is 6.92 Å². The Morgan fingerprint density at radius 3 is 2.27 bits per heavy atom. The number of rotatable bonds is 5. The zero-order valence-electron chi connectivity index (χ0n) is 9.37. The molecule has 1 N–H and O–H groups in total. The molecule has 1 amide bonds. The number of hydrogen-bond donors (Lipinski definition) is 1. The van der Waals surface area contributed by atoms with Crippen molar-refractivity contribution in [1.82, 2.24) is 5.32 Å². The normalized spacial score (nSPS) is 11.7. The molecule has 0 fully saturated rings. The van der Waals surface area contributed by atoms with E-state index < -0.39 is 12.1 Å². The van der Waals surface area contributed by atoms with Gasteiger partial charge in [-0.25, -0.2) is 4.79 Å². The standard InChI is InChI=1S/C11H17NO3/c1-6-10(13)15-9(5)8(4)11(14)12-7(2)3/h6-7,9H,1,4H2,2-3,5H3,(H,12,14). The van der Waals surface area contributed by atoms with Crippen LogP contribution in [0.5, 0.6) is 0 Å². The van der Waals surface area contributed by atoms with Gasteiger partial charge in [0.05, 0.1) is 0 Å². The Morgan fingerprint density at radius 1 is 1.33 bits per heavy atom. The van der Waals surface area contributed by atoms with E-state index in [4.69, 9.17) is 4.74 Å². The number of amides is 1. The van der Waals surface area contributed by atoms with Crippen molar-refractivity contribution in [3.8, 4) is 0 Å². The summed E-state index contributed by atoms with van der Waals surface area (Å²) in [7, 11) is 0. The third-order valence-electron chi connectivity index (χ3n) is 1.66. The minimum absolute atomic E-state index is 0.0246. The Bertz CT molecular complexity index is 282. The maximum Gasteiger partial charge on any atom is 0.330 e. The summed E-state index contributed by atoms with van der Waals surface area (Å²) in [4.78, 5) is 22.3. The van der Waals surface area contributed by atoms with Crippen molar-refractivity contribution in [2.24, 2.45) is 0 Å². The third-order valence-corrected chi connectivity index (χ3v) is 1.66. The largest absolute Gasteiger partial charge is 0.454 e.